The highest BCUT2D eigenvalue weighted by atomic mass is 32.2. The second kappa shape index (κ2) is 7.07. The molecule has 23 heavy (non-hydrogen) atoms. The third-order valence-electron chi connectivity index (χ3n) is 5.79. The number of piperazine rings is 1. The maximum absolute atomic E-state index is 12.6. The molecule has 1 heterocycles. The first kappa shape index (κ1) is 17.2. The summed E-state index contributed by atoms with van der Waals surface area (Å²) >= 11 is 0. The Labute approximate surface area is 139 Å². The summed E-state index contributed by atoms with van der Waals surface area (Å²) in [6.45, 7) is 3.41. The maximum atomic E-state index is 12.6. The van der Waals surface area contributed by atoms with Crippen LogP contribution in [0.5, 0.6) is 0 Å². The largest absolute Gasteiger partial charge is 0.340 e. The van der Waals surface area contributed by atoms with E-state index in [-0.39, 0.29) is 11.7 Å². The van der Waals surface area contributed by atoms with E-state index in [4.69, 9.17) is 5.14 Å². The number of nitrogens with two attached hydrogens (primary N) is 1. The van der Waals surface area contributed by atoms with Gasteiger partial charge in [0.05, 0.1) is 5.75 Å². The lowest BCUT2D eigenvalue weighted by atomic mass is 9.85. The van der Waals surface area contributed by atoms with E-state index in [2.05, 4.69) is 4.90 Å². The molecule has 1 amide bonds. The van der Waals surface area contributed by atoms with Crippen LogP contribution < -0.4 is 5.14 Å². The van der Waals surface area contributed by atoms with Gasteiger partial charge in [0.1, 0.15) is 0 Å². The maximum Gasteiger partial charge on any atom is 0.226 e. The van der Waals surface area contributed by atoms with Crippen molar-refractivity contribution in [1.29, 1.82) is 0 Å². The Morgan fingerprint density at radius 1 is 1.04 bits per heavy atom. The second-order valence-electron chi connectivity index (χ2n) is 7.44. The van der Waals surface area contributed by atoms with Gasteiger partial charge in [-0.05, 0) is 18.3 Å². The van der Waals surface area contributed by atoms with E-state index in [1.165, 1.54) is 32.1 Å². The molecule has 6 nitrogen and oxygen atoms in total. The molecule has 7 heteroatoms. The number of carbonyl (C=O) groups is 1. The molecule has 0 unspecified atom stereocenters. The molecule has 2 N–H and O–H groups in total. The normalized spacial score (nSPS) is 30.4. The van der Waals surface area contributed by atoms with Gasteiger partial charge in [0.25, 0.3) is 0 Å². The van der Waals surface area contributed by atoms with Gasteiger partial charge in [0.15, 0.2) is 0 Å². The van der Waals surface area contributed by atoms with Crippen LogP contribution in [0.2, 0.25) is 0 Å². The first-order valence-electron chi connectivity index (χ1n) is 8.95. The molecule has 0 spiro atoms. The summed E-state index contributed by atoms with van der Waals surface area (Å²) in [6.07, 6.45) is 7.76. The fourth-order valence-electron chi connectivity index (χ4n) is 4.26. The molecule has 0 bridgehead atoms. The minimum atomic E-state index is -3.40. The third kappa shape index (κ3) is 4.67. The van der Waals surface area contributed by atoms with E-state index in [9.17, 15) is 13.2 Å². The van der Waals surface area contributed by atoms with Crippen LogP contribution in [0.4, 0.5) is 0 Å². The summed E-state index contributed by atoms with van der Waals surface area (Å²) in [5.41, 5.74) is 0. The van der Waals surface area contributed by atoms with Gasteiger partial charge >= 0.3 is 0 Å². The Morgan fingerprint density at radius 3 is 2.30 bits per heavy atom. The number of primary sulfonamides is 1. The average molecular weight is 343 g/mol. The zero-order valence-electron chi connectivity index (χ0n) is 13.8. The smallest absolute Gasteiger partial charge is 0.226 e. The van der Waals surface area contributed by atoms with Crippen LogP contribution in [-0.4, -0.2) is 62.6 Å². The summed E-state index contributed by atoms with van der Waals surface area (Å²) in [5, 5.41) is 5.04. The van der Waals surface area contributed by atoms with Crippen molar-refractivity contribution in [3.05, 3.63) is 0 Å². The van der Waals surface area contributed by atoms with Gasteiger partial charge in [-0.1, -0.05) is 32.1 Å². The number of nitrogens with zero attached hydrogens (tertiary/aromatic N) is 2. The molecule has 3 aliphatic rings. The monoisotopic (exact) mass is 343 g/mol. The lowest BCUT2D eigenvalue weighted by Crippen LogP contribution is -2.50. The van der Waals surface area contributed by atoms with Crippen molar-refractivity contribution in [3.8, 4) is 0 Å². The van der Waals surface area contributed by atoms with Crippen LogP contribution >= 0.6 is 0 Å². The molecule has 132 valence electrons. The standard InChI is InChI=1S/C16H29N3O3S/c17-23(21,22)11-10-18-6-8-19(9-7-18)16(20)15-12-14(15)13-4-2-1-3-5-13/h13-15H,1-12H2,(H2,17,21,22)/t14-,15+/m1/s1. The van der Waals surface area contributed by atoms with Crippen LogP contribution in [0.3, 0.4) is 0 Å². The Kier molecular flexibility index (Phi) is 5.28. The fraction of sp³-hybridized carbons (Fsp3) is 0.938. The van der Waals surface area contributed by atoms with E-state index >= 15 is 0 Å². The van der Waals surface area contributed by atoms with Crippen molar-refractivity contribution in [2.24, 2.45) is 22.9 Å². The topological polar surface area (TPSA) is 83.7 Å². The van der Waals surface area contributed by atoms with Crippen LogP contribution in [0, 0.1) is 17.8 Å². The highest BCUT2D eigenvalue weighted by molar-refractivity contribution is 7.89. The molecule has 0 aromatic rings. The highest BCUT2D eigenvalue weighted by Crippen LogP contribution is 2.50. The first-order chi connectivity index (χ1) is 10.9. The molecule has 3 fully saturated rings. The highest BCUT2D eigenvalue weighted by Gasteiger charge is 2.48. The molecular formula is C16H29N3O3S. The minimum absolute atomic E-state index is 0.00662. The number of carbonyl (C=O) groups excluding carboxylic acids is 1. The van der Waals surface area contributed by atoms with Gasteiger partial charge in [-0.15, -0.1) is 0 Å². The molecule has 0 aromatic carbocycles. The Balaban J connectivity index is 1.41. The lowest BCUT2D eigenvalue weighted by molar-refractivity contribution is -0.134. The zero-order chi connectivity index (χ0) is 16.4. The zero-order valence-corrected chi connectivity index (χ0v) is 14.6. The molecule has 1 aliphatic heterocycles. The molecule has 0 aromatic heterocycles. The Bertz CT molecular complexity index is 523. The van der Waals surface area contributed by atoms with Gasteiger partial charge in [-0.3, -0.25) is 9.69 Å². The second-order valence-corrected chi connectivity index (χ2v) is 9.17. The van der Waals surface area contributed by atoms with Crippen molar-refractivity contribution in [1.82, 2.24) is 9.80 Å². The molecule has 0 radical (unpaired) electrons. The van der Waals surface area contributed by atoms with Gasteiger partial charge < -0.3 is 4.90 Å². The average Bonchev–Trinajstić information content (AvgIpc) is 3.33. The summed E-state index contributed by atoms with van der Waals surface area (Å²) < 4.78 is 22.0. The van der Waals surface area contributed by atoms with Crippen molar-refractivity contribution in [3.63, 3.8) is 0 Å². The van der Waals surface area contributed by atoms with Crippen molar-refractivity contribution < 1.29 is 13.2 Å². The van der Waals surface area contributed by atoms with Crippen molar-refractivity contribution >= 4 is 15.9 Å². The van der Waals surface area contributed by atoms with Crippen LogP contribution in [0.1, 0.15) is 38.5 Å². The molecule has 2 aliphatic carbocycles. The summed E-state index contributed by atoms with van der Waals surface area (Å²) in [7, 11) is -3.40. The van der Waals surface area contributed by atoms with Gasteiger partial charge in [0.2, 0.25) is 15.9 Å². The van der Waals surface area contributed by atoms with Gasteiger partial charge in [0, 0.05) is 38.6 Å². The number of amides is 1. The number of hydrogen-bond acceptors (Lipinski definition) is 4. The number of sulfonamides is 1. The molecule has 3 rings (SSSR count). The van der Waals surface area contributed by atoms with Crippen molar-refractivity contribution in [2.75, 3.05) is 38.5 Å². The summed E-state index contributed by atoms with van der Waals surface area (Å²) in [6, 6.07) is 0. The first-order valence-corrected chi connectivity index (χ1v) is 10.7. The Morgan fingerprint density at radius 2 is 1.70 bits per heavy atom. The fourth-order valence-corrected chi connectivity index (χ4v) is 4.78. The number of hydrogen-bond donors (Lipinski definition) is 1. The van der Waals surface area contributed by atoms with Crippen LogP contribution in [0.15, 0.2) is 0 Å². The third-order valence-corrected chi connectivity index (χ3v) is 6.54. The molecule has 2 saturated carbocycles. The van der Waals surface area contributed by atoms with Crippen LogP contribution in [-0.2, 0) is 14.8 Å². The minimum Gasteiger partial charge on any atom is -0.340 e. The predicted molar refractivity (Wildman–Crippen MR) is 89.2 cm³/mol. The molecule has 2 atom stereocenters. The van der Waals surface area contributed by atoms with E-state index in [1.807, 2.05) is 4.90 Å². The summed E-state index contributed by atoms with van der Waals surface area (Å²) in [5.74, 6) is 2.03. The number of rotatable bonds is 5. The quantitative estimate of drug-likeness (QED) is 0.794. The van der Waals surface area contributed by atoms with Gasteiger partial charge in [-0.2, -0.15) is 0 Å². The molecular weight excluding hydrogens is 314 g/mol. The molecule has 1 saturated heterocycles. The Hall–Kier alpha value is -0.660. The predicted octanol–water partition coefficient (Wildman–Crippen LogP) is 0.636. The summed E-state index contributed by atoms with van der Waals surface area (Å²) in [4.78, 5) is 16.7. The van der Waals surface area contributed by atoms with E-state index in [0.717, 1.165) is 38.5 Å². The van der Waals surface area contributed by atoms with E-state index in [1.54, 1.807) is 0 Å². The van der Waals surface area contributed by atoms with Crippen molar-refractivity contribution in [2.45, 2.75) is 38.5 Å². The van der Waals surface area contributed by atoms with E-state index < -0.39 is 10.0 Å². The van der Waals surface area contributed by atoms with Gasteiger partial charge in [-0.25, -0.2) is 13.6 Å². The van der Waals surface area contributed by atoms with E-state index in [0.29, 0.717) is 18.4 Å². The van der Waals surface area contributed by atoms with Crippen LogP contribution in [0.25, 0.3) is 0 Å². The SMILES string of the molecule is NS(=O)(=O)CCN1CCN(C(=O)[C@H]2C[C@@H]2C2CCCCC2)CC1. The lowest BCUT2D eigenvalue weighted by Gasteiger charge is -2.35.